The van der Waals surface area contributed by atoms with E-state index in [4.69, 9.17) is 11.6 Å². The molecule has 2 N–H and O–H groups in total. The van der Waals surface area contributed by atoms with Gasteiger partial charge in [-0.2, -0.15) is 0 Å². The molecule has 0 aliphatic carbocycles. The second-order valence-electron chi connectivity index (χ2n) is 5.47. The lowest BCUT2D eigenvalue weighted by Crippen LogP contribution is -2.45. The highest BCUT2D eigenvalue weighted by Crippen LogP contribution is 2.30. The smallest absolute Gasteiger partial charge is 0.243 e. The average molecular weight is 382 g/mol. The summed E-state index contributed by atoms with van der Waals surface area (Å²) in [4.78, 5) is 0.106. The minimum absolute atomic E-state index is 0.0565. The van der Waals surface area contributed by atoms with Crippen LogP contribution < -0.4 is 10.0 Å². The Bertz CT molecular complexity index is 566. The molecule has 1 atom stereocenters. The first-order chi connectivity index (χ1) is 9.34. The Labute approximate surface area is 133 Å². The van der Waals surface area contributed by atoms with Crippen molar-refractivity contribution >= 4 is 37.6 Å². The molecule has 4 nitrogen and oxygen atoms in total. The maximum atomic E-state index is 12.4. The monoisotopic (exact) mass is 380 g/mol. The largest absolute Gasteiger partial charge is 0.316 e. The van der Waals surface area contributed by atoms with Crippen molar-refractivity contribution in [2.45, 2.75) is 24.7 Å². The van der Waals surface area contributed by atoms with Crippen LogP contribution in [0.1, 0.15) is 19.8 Å². The summed E-state index contributed by atoms with van der Waals surface area (Å²) < 4.78 is 28.0. The summed E-state index contributed by atoms with van der Waals surface area (Å²) in [5, 5.41) is 3.53. The normalized spacial score (nSPS) is 23.8. The predicted octanol–water partition coefficient (Wildman–Crippen LogP) is 2.77. The van der Waals surface area contributed by atoms with E-state index < -0.39 is 10.0 Å². The Balaban J connectivity index is 2.15. The lowest BCUT2D eigenvalue weighted by molar-refractivity contribution is 0.238. The van der Waals surface area contributed by atoms with Crippen LogP contribution in [0.3, 0.4) is 0 Å². The van der Waals surface area contributed by atoms with Gasteiger partial charge in [0.15, 0.2) is 0 Å². The van der Waals surface area contributed by atoms with Gasteiger partial charge in [-0.15, -0.1) is 0 Å². The Morgan fingerprint density at radius 2 is 2.25 bits per heavy atom. The zero-order valence-electron chi connectivity index (χ0n) is 11.2. The van der Waals surface area contributed by atoms with Crippen molar-refractivity contribution in [1.82, 2.24) is 10.0 Å². The fraction of sp³-hybridized carbons (Fsp3) is 0.538. The fourth-order valence-corrected chi connectivity index (χ4v) is 5.28. The summed E-state index contributed by atoms with van der Waals surface area (Å²) in [6.45, 7) is 4.31. The van der Waals surface area contributed by atoms with Crippen LogP contribution in [-0.4, -0.2) is 28.1 Å². The number of halogens is 2. The summed E-state index contributed by atoms with van der Waals surface area (Å²) in [6, 6.07) is 4.95. The summed E-state index contributed by atoms with van der Waals surface area (Å²) in [7, 11) is -3.62. The molecule has 1 unspecified atom stereocenters. The molecular weight excluding hydrogens is 364 g/mol. The van der Waals surface area contributed by atoms with Crippen LogP contribution in [0.2, 0.25) is 5.02 Å². The van der Waals surface area contributed by atoms with E-state index in [0.29, 0.717) is 11.0 Å². The second-order valence-corrected chi connectivity index (χ2v) is 8.43. The van der Waals surface area contributed by atoms with E-state index in [1.165, 1.54) is 0 Å². The highest BCUT2D eigenvalue weighted by atomic mass is 79.9. The number of hydrogen-bond acceptors (Lipinski definition) is 3. The molecule has 0 aromatic heterocycles. The Kier molecular flexibility index (Phi) is 5.13. The van der Waals surface area contributed by atoms with Gasteiger partial charge in [-0.05, 0) is 52.9 Å². The Hall–Kier alpha value is -0.140. The summed E-state index contributed by atoms with van der Waals surface area (Å²) >= 11 is 9.26. The molecular formula is C13H18BrClN2O2S. The van der Waals surface area contributed by atoms with E-state index in [2.05, 4.69) is 32.9 Å². The molecule has 0 amide bonds. The first kappa shape index (κ1) is 16.2. The summed E-state index contributed by atoms with van der Waals surface area (Å²) in [5.74, 6) is 0. The van der Waals surface area contributed by atoms with Gasteiger partial charge in [0.05, 0.1) is 5.02 Å². The number of benzene rings is 1. The molecule has 0 saturated carbocycles. The molecule has 20 heavy (non-hydrogen) atoms. The summed E-state index contributed by atoms with van der Waals surface area (Å²) in [6.07, 6.45) is 2.07. The highest BCUT2D eigenvalue weighted by molar-refractivity contribution is 9.10. The molecule has 0 bridgehead atoms. The van der Waals surface area contributed by atoms with E-state index in [9.17, 15) is 8.42 Å². The van der Waals surface area contributed by atoms with Gasteiger partial charge in [0.2, 0.25) is 10.0 Å². The van der Waals surface area contributed by atoms with Crippen LogP contribution in [0.5, 0.6) is 0 Å². The zero-order chi connectivity index (χ0) is 14.8. The third kappa shape index (κ3) is 3.74. The van der Waals surface area contributed by atoms with Crippen molar-refractivity contribution in [3.63, 3.8) is 0 Å². The molecule has 1 heterocycles. The van der Waals surface area contributed by atoms with E-state index in [1.54, 1.807) is 18.2 Å². The van der Waals surface area contributed by atoms with Crippen LogP contribution in [0.25, 0.3) is 0 Å². The van der Waals surface area contributed by atoms with Crippen molar-refractivity contribution in [1.29, 1.82) is 0 Å². The van der Waals surface area contributed by atoms with E-state index in [-0.39, 0.29) is 15.3 Å². The van der Waals surface area contributed by atoms with E-state index >= 15 is 0 Å². The van der Waals surface area contributed by atoms with Crippen molar-refractivity contribution in [2.75, 3.05) is 19.6 Å². The number of piperidine rings is 1. The zero-order valence-corrected chi connectivity index (χ0v) is 14.4. The molecule has 7 heteroatoms. The molecule has 1 saturated heterocycles. The molecule has 1 aliphatic rings. The Morgan fingerprint density at radius 3 is 2.85 bits per heavy atom. The van der Waals surface area contributed by atoms with Crippen molar-refractivity contribution < 1.29 is 8.42 Å². The minimum Gasteiger partial charge on any atom is -0.316 e. The first-order valence-electron chi connectivity index (χ1n) is 6.48. The van der Waals surface area contributed by atoms with Crippen molar-refractivity contribution in [3.8, 4) is 0 Å². The SMILES string of the molecule is CC1(CNS(=O)(=O)c2c(Cl)cccc2Br)CCCNC1. The van der Waals surface area contributed by atoms with Gasteiger partial charge in [-0.1, -0.05) is 24.6 Å². The summed E-state index contributed by atoms with van der Waals surface area (Å²) in [5.41, 5.74) is -0.0565. The highest BCUT2D eigenvalue weighted by Gasteiger charge is 2.30. The molecule has 1 aromatic carbocycles. The molecule has 1 fully saturated rings. The van der Waals surface area contributed by atoms with Gasteiger partial charge in [0, 0.05) is 17.6 Å². The van der Waals surface area contributed by atoms with Crippen molar-refractivity contribution in [3.05, 3.63) is 27.7 Å². The van der Waals surface area contributed by atoms with Gasteiger partial charge in [-0.25, -0.2) is 13.1 Å². The molecule has 2 rings (SSSR count). The molecule has 112 valence electrons. The molecule has 1 aliphatic heterocycles. The van der Waals surface area contributed by atoms with Gasteiger partial charge in [0.25, 0.3) is 0 Å². The van der Waals surface area contributed by atoms with Gasteiger partial charge in [-0.3, -0.25) is 0 Å². The topological polar surface area (TPSA) is 58.2 Å². The van der Waals surface area contributed by atoms with E-state index in [1.807, 2.05) is 0 Å². The molecule has 1 aromatic rings. The van der Waals surface area contributed by atoms with Crippen LogP contribution in [-0.2, 0) is 10.0 Å². The maximum absolute atomic E-state index is 12.4. The van der Waals surface area contributed by atoms with Gasteiger partial charge in [0.1, 0.15) is 4.90 Å². The van der Waals surface area contributed by atoms with Crippen LogP contribution in [0.4, 0.5) is 0 Å². The number of sulfonamides is 1. The number of nitrogens with one attached hydrogen (secondary N) is 2. The third-order valence-electron chi connectivity index (χ3n) is 3.56. The second kappa shape index (κ2) is 6.32. The number of hydrogen-bond donors (Lipinski definition) is 2. The quantitative estimate of drug-likeness (QED) is 0.843. The van der Waals surface area contributed by atoms with E-state index in [0.717, 1.165) is 25.9 Å². The first-order valence-corrected chi connectivity index (χ1v) is 9.14. The van der Waals surface area contributed by atoms with Crippen LogP contribution in [0.15, 0.2) is 27.6 Å². The number of rotatable bonds is 4. The molecule has 0 spiro atoms. The Morgan fingerprint density at radius 1 is 1.50 bits per heavy atom. The lowest BCUT2D eigenvalue weighted by atomic mass is 9.83. The van der Waals surface area contributed by atoms with Gasteiger partial charge >= 0.3 is 0 Å². The third-order valence-corrected chi connectivity index (χ3v) is 6.41. The fourth-order valence-electron chi connectivity index (χ4n) is 2.35. The van der Waals surface area contributed by atoms with Gasteiger partial charge < -0.3 is 5.32 Å². The lowest BCUT2D eigenvalue weighted by Gasteiger charge is -2.34. The minimum atomic E-state index is -3.62. The maximum Gasteiger partial charge on any atom is 0.243 e. The standard InChI is InChI=1S/C13H18BrClN2O2S/c1-13(6-3-7-16-8-13)9-17-20(18,19)12-10(14)4-2-5-11(12)15/h2,4-5,16-17H,3,6-9H2,1H3. The van der Waals surface area contributed by atoms with Crippen LogP contribution >= 0.6 is 27.5 Å². The van der Waals surface area contributed by atoms with Crippen molar-refractivity contribution in [2.24, 2.45) is 5.41 Å². The molecule has 0 radical (unpaired) electrons. The predicted molar refractivity (Wildman–Crippen MR) is 84.6 cm³/mol. The average Bonchev–Trinajstić information content (AvgIpc) is 2.37. The van der Waals surface area contributed by atoms with Crippen LogP contribution in [0, 0.1) is 5.41 Å².